The normalized spacial score (nSPS) is 20.1. The summed E-state index contributed by atoms with van der Waals surface area (Å²) >= 11 is 0. The van der Waals surface area contributed by atoms with E-state index in [-0.39, 0.29) is 6.61 Å². The summed E-state index contributed by atoms with van der Waals surface area (Å²) in [6, 6.07) is 10.5. The van der Waals surface area contributed by atoms with E-state index >= 15 is 0 Å². The van der Waals surface area contributed by atoms with Crippen molar-refractivity contribution in [3.63, 3.8) is 0 Å². The van der Waals surface area contributed by atoms with Crippen molar-refractivity contribution in [2.45, 2.75) is 63.7 Å². The molecule has 2 aromatic heterocycles. The minimum Gasteiger partial charge on any atom is -0.464 e. The zero-order chi connectivity index (χ0) is 24.7. The summed E-state index contributed by atoms with van der Waals surface area (Å²) in [6.45, 7) is 3.49. The SMILES string of the molecule is N#Cc1ccc(-c2nc(OCC3CCCN(CCO)C3)n3ccnc3c2C2CCCCCCC2)cc1. The molecule has 2 aliphatic rings. The van der Waals surface area contributed by atoms with Gasteiger partial charge in [0.2, 0.25) is 0 Å². The first-order chi connectivity index (χ1) is 17.8. The van der Waals surface area contributed by atoms with Crippen molar-refractivity contribution in [3.8, 4) is 23.3 Å². The van der Waals surface area contributed by atoms with Crippen molar-refractivity contribution in [2.75, 3.05) is 32.8 Å². The molecule has 36 heavy (non-hydrogen) atoms. The number of fused-ring (bicyclic) bond motifs is 1. The number of nitrogens with zero attached hydrogens (tertiary/aromatic N) is 5. The van der Waals surface area contributed by atoms with Crippen molar-refractivity contribution < 1.29 is 9.84 Å². The molecule has 1 atom stereocenters. The first-order valence-corrected chi connectivity index (χ1v) is 13.6. The fourth-order valence-electron chi connectivity index (χ4n) is 5.94. The number of ether oxygens (including phenoxy) is 1. The number of hydrogen-bond donors (Lipinski definition) is 1. The highest BCUT2D eigenvalue weighted by Gasteiger charge is 2.26. The van der Waals surface area contributed by atoms with E-state index in [2.05, 4.69) is 11.0 Å². The summed E-state index contributed by atoms with van der Waals surface area (Å²) in [6.07, 6.45) is 14.7. The second-order valence-electron chi connectivity index (χ2n) is 10.4. The first kappa shape index (κ1) is 24.7. The molecule has 7 nitrogen and oxygen atoms in total. The van der Waals surface area contributed by atoms with Crippen LogP contribution in [0, 0.1) is 17.2 Å². The number of imidazole rings is 1. The Labute approximate surface area is 213 Å². The number of likely N-dealkylation sites (tertiary alicyclic amines) is 1. The molecule has 0 spiro atoms. The smallest absolute Gasteiger partial charge is 0.302 e. The fourth-order valence-corrected chi connectivity index (χ4v) is 5.94. The van der Waals surface area contributed by atoms with Crippen LogP contribution < -0.4 is 4.74 Å². The Morgan fingerprint density at radius 3 is 2.56 bits per heavy atom. The Hall–Kier alpha value is -2.95. The van der Waals surface area contributed by atoms with Crippen LogP contribution in [-0.4, -0.2) is 57.2 Å². The van der Waals surface area contributed by atoms with Gasteiger partial charge in [-0.15, -0.1) is 0 Å². The molecule has 1 aliphatic carbocycles. The third-order valence-electron chi connectivity index (χ3n) is 7.82. The summed E-state index contributed by atoms with van der Waals surface area (Å²) < 4.78 is 8.43. The van der Waals surface area contributed by atoms with E-state index < -0.39 is 0 Å². The number of piperidine rings is 1. The van der Waals surface area contributed by atoms with Gasteiger partial charge in [-0.25, -0.2) is 4.98 Å². The number of aliphatic hydroxyl groups is 1. The van der Waals surface area contributed by atoms with E-state index in [1.807, 2.05) is 41.1 Å². The molecule has 1 N–H and O–H groups in total. The van der Waals surface area contributed by atoms with Gasteiger partial charge in [-0.1, -0.05) is 44.2 Å². The van der Waals surface area contributed by atoms with Crippen molar-refractivity contribution in [1.82, 2.24) is 19.3 Å². The predicted octanol–water partition coefficient (Wildman–Crippen LogP) is 5.18. The lowest BCUT2D eigenvalue weighted by atomic mass is 9.84. The lowest BCUT2D eigenvalue weighted by Gasteiger charge is -2.32. The first-order valence-electron chi connectivity index (χ1n) is 13.6. The van der Waals surface area contributed by atoms with Crippen LogP contribution in [0.2, 0.25) is 0 Å². The molecule has 0 amide bonds. The Balaban J connectivity index is 1.50. The highest BCUT2D eigenvalue weighted by molar-refractivity contribution is 5.72. The molecule has 3 heterocycles. The summed E-state index contributed by atoms with van der Waals surface area (Å²) in [4.78, 5) is 12.3. The zero-order valence-electron chi connectivity index (χ0n) is 21.1. The second-order valence-corrected chi connectivity index (χ2v) is 10.4. The predicted molar refractivity (Wildman–Crippen MR) is 140 cm³/mol. The second kappa shape index (κ2) is 11.9. The molecule has 3 aromatic rings. The number of hydrogen-bond acceptors (Lipinski definition) is 6. The number of rotatable bonds is 7. The number of nitriles is 1. The summed E-state index contributed by atoms with van der Waals surface area (Å²) in [5.41, 5.74) is 4.74. The van der Waals surface area contributed by atoms with Gasteiger partial charge in [0.25, 0.3) is 0 Å². The van der Waals surface area contributed by atoms with Crippen LogP contribution in [0.1, 0.15) is 74.8 Å². The van der Waals surface area contributed by atoms with Gasteiger partial charge in [0, 0.05) is 42.5 Å². The molecular weight excluding hydrogens is 450 g/mol. The lowest BCUT2D eigenvalue weighted by Crippen LogP contribution is -2.39. The van der Waals surface area contributed by atoms with E-state index in [0.717, 1.165) is 62.2 Å². The summed E-state index contributed by atoms with van der Waals surface area (Å²) in [5, 5.41) is 18.6. The molecule has 1 aromatic carbocycles. The van der Waals surface area contributed by atoms with Gasteiger partial charge >= 0.3 is 6.01 Å². The van der Waals surface area contributed by atoms with Gasteiger partial charge in [0.15, 0.2) is 0 Å². The molecule has 1 saturated carbocycles. The van der Waals surface area contributed by atoms with Crippen LogP contribution in [0.15, 0.2) is 36.7 Å². The minimum atomic E-state index is 0.196. The van der Waals surface area contributed by atoms with Gasteiger partial charge in [0.1, 0.15) is 5.65 Å². The molecule has 0 radical (unpaired) electrons. The summed E-state index contributed by atoms with van der Waals surface area (Å²) in [7, 11) is 0. The molecule has 190 valence electrons. The number of benzene rings is 1. The van der Waals surface area contributed by atoms with E-state index in [4.69, 9.17) is 14.7 Å². The molecule has 1 saturated heterocycles. The molecule has 0 bridgehead atoms. The zero-order valence-corrected chi connectivity index (χ0v) is 21.1. The number of aromatic nitrogens is 3. The Morgan fingerprint density at radius 1 is 1.03 bits per heavy atom. The highest BCUT2D eigenvalue weighted by Crippen LogP contribution is 2.39. The summed E-state index contributed by atoms with van der Waals surface area (Å²) in [5.74, 6) is 0.821. The highest BCUT2D eigenvalue weighted by atomic mass is 16.5. The molecular formula is C29H37N5O2. The topological polar surface area (TPSA) is 86.7 Å². The maximum atomic E-state index is 9.33. The maximum absolute atomic E-state index is 9.33. The maximum Gasteiger partial charge on any atom is 0.302 e. The van der Waals surface area contributed by atoms with Crippen molar-refractivity contribution in [1.29, 1.82) is 5.26 Å². The standard InChI is InChI=1S/C29H37N5O2/c30-19-22-10-12-25(13-11-22)27-26(24-8-4-2-1-3-5-9-24)28-31-14-16-34(28)29(32-27)36-21-23-7-6-15-33(20-23)17-18-35/h10-14,16,23-24,35H,1-9,15,17-18,20-21H2. The monoisotopic (exact) mass is 487 g/mol. The molecule has 1 aliphatic heterocycles. The van der Waals surface area contributed by atoms with Crippen LogP contribution in [0.3, 0.4) is 0 Å². The van der Waals surface area contributed by atoms with E-state index in [1.165, 1.54) is 37.7 Å². The van der Waals surface area contributed by atoms with Gasteiger partial charge in [-0.05, 0) is 50.3 Å². The van der Waals surface area contributed by atoms with Crippen molar-refractivity contribution in [3.05, 3.63) is 47.8 Å². The van der Waals surface area contributed by atoms with Crippen molar-refractivity contribution in [2.24, 2.45) is 5.92 Å². The van der Waals surface area contributed by atoms with Gasteiger partial charge < -0.3 is 14.7 Å². The van der Waals surface area contributed by atoms with E-state index in [1.54, 1.807) is 0 Å². The van der Waals surface area contributed by atoms with Crippen molar-refractivity contribution >= 4 is 5.65 Å². The van der Waals surface area contributed by atoms with Crippen LogP contribution in [0.5, 0.6) is 6.01 Å². The Morgan fingerprint density at radius 2 is 1.81 bits per heavy atom. The lowest BCUT2D eigenvalue weighted by molar-refractivity contribution is 0.107. The van der Waals surface area contributed by atoms with Crippen LogP contribution in [0.25, 0.3) is 16.9 Å². The van der Waals surface area contributed by atoms with Crippen LogP contribution in [-0.2, 0) is 0 Å². The fraction of sp³-hybridized carbons (Fsp3) is 0.552. The van der Waals surface area contributed by atoms with Crippen LogP contribution >= 0.6 is 0 Å². The Kier molecular flexibility index (Phi) is 8.15. The number of β-amino-alcohol motifs (C(OH)–C–C–N with tert-alkyl or cyclic N) is 1. The van der Waals surface area contributed by atoms with Gasteiger partial charge in [-0.2, -0.15) is 10.2 Å². The average Bonchev–Trinajstić information content (AvgIpc) is 3.38. The van der Waals surface area contributed by atoms with E-state index in [0.29, 0.717) is 30.0 Å². The largest absolute Gasteiger partial charge is 0.464 e. The molecule has 1 unspecified atom stereocenters. The molecule has 2 fully saturated rings. The quantitative estimate of drug-likeness (QED) is 0.494. The van der Waals surface area contributed by atoms with Crippen LogP contribution in [0.4, 0.5) is 0 Å². The van der Waals surface area contributed by atoms with Gasteiger partial charge in [0.05, 0.1) is 30.5 Å². The molecule has 7 heteroatoms. The number of aliphatic hydroxyl groups excluding tert-OH is 1. The van der Waals surface area contributed by atoms with E-state index in [9.17, 15) is 10.4 Å². The Bertz CT molecular complexity index is 1170. The van der Waals surface area contributed by atoms with Gasteiger partial charge in [-0.3, -0.25) is 4.40 Å². The minimum absolute atomic E-state index is 0.196. The third kappa shape index (κ3) is 5.55. The third-order valence-corrected chi connectivity index (χ3v) is 7.82. The molecule has 5 rings (SSSR count). The average molecular weight is 488 g/mol.